The second kappa shape index (κ2) is 11.6. The van der Waals surface area contributed by atoms with Gasteiger partial charge in [-0.3, -0.25) is 13.7 Å². The molecule has 0 bridgehead atoms. The Balaban J connectivity index is 1.32. The number of hydrogen-bond acceptors (Lipinski definition) is 21. The second-order valence-corrected chi connectivity index (χ2v) is 12.3. The summed E-state index contributed by atoms with van der Waals surface area (Å²) in [4.78, 5) is 57.1. The molecule has 0 spiro atoms. The van der Waals surface area contributed by atoms with Gasteiger partial charge >= 0.3 is 0 Å². The Kier molecular flexibility index (Phi) is 9.14. The van der Waals surface area contributed by atoms with E-state index < -0.39 is 85.8 Å². The number of aromatic nitrogens is 4. The molecule has 40 heavy (non-hydrogen) atoms. The third-order valence-corrected chi connectivity index (χ3v) is 8.54. The Hall–Kier alpha value is -1.52. The number of aliphatic hydroxyl groups is 4. The lowest BCUT2D eigenvalue weighted by molar-refractivity contribution is -0.354. The monoisotopic (exact) mass is 635 g/mol. The Morgan fingerprint density at radius 1 is 0.875 bits per heavy atom. The molecule has 2 aromatic heterocycles. The van der Waals surface area contributed by atoms with E-state index in [9.17, 15) is 53.7 Å². The number of phosphoric acid groups is 3. The van der Waals surface area contributed by atoms with Gasteiger partial charge < -0.3 is 73.3 Å². The Morgan fingerprint density at radius 3 is 2.05 bits per heavy atom. The van der Waals surface area contributed by atoms with Crippen molar-refractivity contribution in [3.05, 3.63) is 12.7 Å². The standard InChI is InChI=1S/C15H24N5O17P3/c16-12-7-13(18-3-17-12)20(4-19-7)14-10(23)8(21)5(34-14)1-32-39(28,29)37-40(30,31)33-2-6-9(22)11(24)15(35-6)36-38(25,26)27/h3-6,8-11,14-15,21-24H,1-2H2,(H,28,29)(H,30,31)(H2,16,17,18)(H2,25,26,27)/p-4/t5-,6-,8-,9-,10-,11-,14-,15-/m1/s1. The van der Waals surface area contributed by atoms with Crippen LogP contribution in [0.15, 0.2) is 12.7 Å². The van der Waals surface area contributed by atoms with Gasteiger partial charge in [0, 0.05) is 0 Å². The molecule has 2 unspecified atom stereocenters. The summed E-state index contributed by atoms with van der Waals surface area (Å²) in [5.41, 5.74) is 5.96. The number of hydrogen-bond donors (Lipinski definition) is 5. The van der Waals surface area contributed by atoms with Gasteiger partial charge in [0.15, 0.2) is 24.0 Å². The van der Waals surface area contributed by atoms with Crippen molar-refractivity contribution in [3.8, 4) is 0 Å². The van der Waals surface area contributed by atoms with Gasteiger partial charge in [-0.05, 0) is 0 Å². The first-order valence-electron chi connectivity index (χ1n) is 10.8. The van der Waals surface area contributed by atoms with E-state index in [1.54, 1.807) is 0 Å². The van der Waals surface area contributed by atoms with Crippen LogP contribution >= 0.6 is 23.5 Å². The van der Waals surface area contributed by atoms with E-state index >= 15 is 0 Å². The zero-order valence-electron chi connectivity index (χ0n) is 19.5. The highest BCUT2D eigenvalue weighted by molar-refractivity contribution is 7.59. The van der Waals surface area contributed by atoms with E-state index in [1.165, 1.54) is 10.9 Å². The minimum atomic E-state index is -5.78. The predicted octanol–water partition coefficient (Wildman–Crippen LogP) is -5.69. The van der Waals surface area contributed by atoms with Gasteiger partial charge in [0.2, 0.25) is 0 Å². The van der Waals surface area contributed by atoms with Crippen LogP contribution in [0.2, 0.25) is 0 Å². The fourth-order valence-electron chi connectivity index (χ4n) is 3.72. The Morgan fingerprint density at radius 2 is 1.45 bits per heavy atom. The molecule has 2 aliphatic heterocycles. The number of fused-ring (bicyclic) bond motifs is 1. The van der Waals surface area contributed by atoms with Crippen molar-refractivity contribution in [3.63, 3.8) is 0 Å². The minimum Gasteiger partial charge on any atom is -0.790 e. The minimum absolute atomic E-state index is 0.0134. The summed E-state index contributed by atoms with van der Waals surface area (Å²) >= 11 is 0. The van der Waals surface area contributed by atoms with Gasteiger partial charge in [-0.25, -0.2) is 19.3 Å². The smallest absolute Gasteiger partial charge is 0.274 e. The highest BCUT2D eigenvalue weighted by Crippen LogP contribution is 2.56. The van der Waals surface area contributed by atoms with Gasteiger partial charge in [0.05, 0.1) is 27.4 Å². The van der Waals surface area contributed by atoms with Crippen LogP contribution in [0.3, 0.4) is 0 Å². The van der Waals surface area contributed by atoms with Crippen LogP contribution in [0.25, 0.3) is 11.2 Å². The predicted molar refractivity (Wildman–Crippen MR) is 113 cm³/mol. The molecule has 22 nitrogen and oxygen atoms in total. The fourth-order valence-corrected chi connectivity index (χ4v) is 6.16. The van der Waals surface area contributed by atoms with Crippen LogP contribution in [0, 0.1) is 0 Å². The van der Waals surface area contributed by atoms with Gasteiger partial charge in [0.1, 0.15) is 48.5 Å². The summed E-state index contributed by atoms with van der Waals surface area (Å²) in [6.45, 7) is -2.26. The molecule has 2 saturated heterocycles. The number of aliphatic hydroxyl groups excluding tert-OH is 4. The molecule has 2 aromatic rings. The first-order valence-corrected chi connectivity index (χ1v) is 15.2. The van der Waals surface area contributed by atoms with Gasteiger partial charge in [-0.15, -0.1) is 0 Å². The summed E-state index contributed by atoms with van der Waals surface area (Å²) in [7, 11) is -17.2. The molecule has 0 radical (unpaired) electrons. The number of nitrogens with two attached hydrogens (primary N) is 1. The Bertz CT molecular complexity index is 1360. The molecular weight excluding hydrogens is 615 g/mol. The Labute approximate surface area is 222 Å². The van der Waals surface area contributed by atoms with Crippen molar-refractivity contribution < 1.29 is 81.1 Å². The third kappa shape index (κ3) is 7.09. The van der Waals surface area contributed by atoms with E-state index in [2.05, 4.69) is 32.8 Å². The summed E-state index contributed by atoms with van der Waals surface area (Å²) in [6, 6.07) is 0. The topological polar surface area (TPSA) is 349 Å². The molecule has 6 N–H and O–H groups in total. The van der Waals surface area contributed by atoms with Gasteiger partial charge in [-0.2, -0.15) is 0 Å². The molecular formula is C15H20N5O17P3-4. The quantitative estimate of drug-likeness (QED) is 0.144. The highest BCUT2D eigenvalue weighted by atomic mass is 31.3. The van der Waals surface area contributed by atoms with E-state index in [0.717, 1.165) is 6.33 Å². The highest BCUT2D eigenvalue weighted by Gasteiger charge is 2.46. The van der Waals surface area contributed by atoms with Crippen molar-refractivity contribution in [2.75, 3.05) is 18.9 Å². The first kappa shape index (κ1) is 31.4. The van der Waals surface area contributed by atoms with E-state index in [0.29, 0.717) is 0 Å². The SMILES string of the molecule is Nc1ncnc2c1ncn2[C@@H]1O[C@H](COP(=O)([O-])OP(=O)([O-])OC[C@H]2O[C@H](OP(=O)([O-])[O-])[C@H](O)[C@@H]2O)[C@@H](O)[C@H]1O. The first-order chi connectivity index (χ1) is 18.5. The summed E-state index contributed by atoms with van der Waals surface area (Å²) in [5, 5.41) is 40.1. The third-order valence-electron chi connectivity index (χ3n) is 5.54. The van der Waals surface area contributed by atoms with Crippen LogP contribution in [0.5, 0.6) is 0 Å². The van der Waals surface area contributed by atoms with Gasteiger partial charge in [0.25, 0.3) is 15.6 Å². The molecule has 25 heteroatoms. The molecule has 4 rings (SSSR count). The molecule has 2 aliphatic rings. The lowest BCUT2D eigenvalue weighted by Crippen LogP contribution is -2.36. The van der Waals surface area contributed by atoms with Crippen LogP contribution < -0.4 is 25.3 Å². The number of nitrogen functional groups attached to an aromatic ring is 1. The van der Waals surface area contributed by atoms with Crippen LogP contribution in [0.4, 0.5) is 5.82 Å². The van der Waals surface area contributed by atoms with Crippen molar-refractivity contribution in [1.29, 1.82) is 0 Å². The molecule has 4 heterocycles. The fraction of sp³-hybridized carbons (Fsp3) is 0.667. The number of phosphoric ester groups is 3. The number of rotatable bonds is 11. The lowest BCUT2D eigenvalue weighted by atomic mass is 10.1. The maximum atomic E-state index is 12.1. The molecule has 0 saturated carbocycles. The second-order valence-electron chi connectivity index (χ2n) is 8.27. The zero-order valence-corrected chi connectivity index (χ0v) is 22.2. The number of ether oxygens (including phenoxy) is 2. The van der Waals surface area contributed by atoms with Crippen molar-refractivity contribution in [2.45, 2.75) is 49.1 Å². The molecule has 2 fully saturated rings. The average molecular weight is 635 g/mol. The average Bonchev–Trinajstić information content (AvgIpc) is 3.47. The molecule has 0 amide bonds. The largest absolute Gasteiger partial charge is 0.790 e. The maximum Gasteiger partial charge on any atom is 0.274 e. The molecule has 0 aromatic carbocycles. The van der Waals surface area contributed by atoms with Crippen molar-refractivity contribution in [1.82, 2.24) is 19.5 Å². The zero-order chi connectivity index (χ0) is 29.6. The maximum absolute atomic E-state index is 12.1. The van der Waals surface area contributed by atoms with Crippen molar-refractivity contribution >= 4 is 40.4 Å². The molecule has 0 aliphatic carbocycles. The summed E-state index contributed by atoms with van der Waals surface area (Å²) < 4.78 is 62.5. The van der Waals surface area contributed by atoms with Crippen LogP contribution in [-0.4, -0.2) is 96.1 Å². The van der Waals surface area contributed by atoms with E-state index in [-0.39, 0.29) is 17.0 Å². The lowest BCUT2D eigenvalue weighted by Gasteiger charge is -2.32. The molecule has 10 atom stereocenters. The van der Waals surface area contributed by atoms with Crippen LogP contribution in [-0.2, 0) is 41.1 Å². The number of anilines is 1. The van der Waals surface area contributed by atoms with E-state index in [4.69, 9.17) is 15.2 Å². The number of imidazole rings is 1. The summed E-state index contributed by atoms with van der Waals surface area (Å²) in [5.74, 6) is 0.0134. The van der Waals surface area contributed by atoms with Crippen LogP contribution in [0.1, 0.15) is 6.23 Å². The normalized spacial score (nSPS) is 34.2. The molecule has 226 valence electrons. The van der Waals surface area contributed by atoms with E-state index in [1.807, 2.05) is 0 Å². The van der Waals surface area contributed by atoms with Crippen molar-refractivity contribution in [2.24, 2.45) is 0 Å². The van der Waals surface area contributed by atoms with Gasteiger partial charge in [-0.1, -0.05) is 0 Å². The number of nitrogens with zero attached hydrogens (tertiary/aromatic N) is 4. The summed E-state index contributed by atoms with van der Waals surface area (Å²) in [6.07, 6.45) is -12.1.